The van der Waals surface area contributed by atoms with E-state index in [-0.39, 0.29) is 0 Å². The zero-order valence-corrected chi connectivity index (χ0v) is 13.6. The number of hydrogen-bond donors (Lipinski definition) is 1. The van der Waals surface area contributed by atoms with Crippen LogP contribution in [-0.2, 0) is 6.54 Å². The van der Waals surface area contributed by atoms with Crippen molar-refractivity contribution in [1.29, 1.82) is 0 Å². The lowest BCUT2D eigenvalue weighted by Crippen LogP contribution is -2.19. The molecule has 3 nitrogen and oxygen atoms in total. The average Bonchev–Trinajstić information content (AvgIpc) is 2.75. The second kappa shape index (κ2) is 5.76. The van der Waals surface area contributed by atoms with Crippen LogP contribution in [0.2, 0.25) is 0 Å². The zero-order valence-electron chi connectivity index (χ0n) is 12.0. The quantitative estimate of drug-likeness (QED) is 0.890. The Hall–Kier alpha value is -1.03. The molecule has 1 aliphatic carbocycles. The van der Waals surface area contributed by atoms with Gasteiger partial charge in [-0.15, -0.1) is 0 Å². The average molecular weight is 336 g/mol. The smallest absolute Gasteiger partial charge is 0.201 e. The molecule has 2 N–H and O–H groups in total. The van der Waals surface area contributed by atoms with Crippen molar-refractivity contribution in [1.82, 2.24) is 9.55 Å². The number of nitrogen functional groups attached to an aromatic ring is 1. The maximum absolute atomic E-state index is 6.11. The predicted octanol–water partition coefficient (Wildman–Crippen LogP) is 4.60. The Balaban J connectivity index is 1.79. The van der Waals surface area contributed by atoms with Gasteiger partial charge in [-0.25, -0.2) is 4.98 Å². The molecule has 0 unspecified atom stereocenters. The molecule has 1 heterocycles. The maximum atomic E-state index is 6.11. The normalized spacial score (nSPS) is 23.3. The van der Waals surface area contributed by atoms with E-state index in [2.05, 4.69) is 44.5 Å². The number of anilines is 1. The summed E-state index contributed by atoms with van der Waals surface area (Å²) in [5, 5.41) is 0. The fraction of sp³-hybridized carbons (Fsp3) is 0.562. The first-order valence-electron chi connectivity index (χ1n) is 7.58. The summed E-state index contributed by atoms with van der Waals surface area (Å²) in [6.45, 7) is 3.32. The molecule has 0 bridgehead atoms. The molecule has 2 aromatic rings. The molecule has 0 aliphatic heterocycles. The summed E-state index contributed by atoms with van der Waals surface area (Å²) < 4.78 is 3.25. The molecule has 1 aromatic heterocycles. The molecule has 3 rings (SSSR count). The van der Waals surface area contributed by atoms with Crippen molar-refractivity contribution in [2.24, 2.45) is 11.8 Å². The summed E-state index contributed by atoms with van der Waals surface area (Å²) in [6.07, 6.45) is 6.73. The van der Waals surface area contributed by atoms with Crippen LogP contribution in [0.15, 0.2) is 22.7 Å². The van der Waals surface area contributed by atoms with Crippen LogP contribution in [0.3, 0.4) is 0 Å². The van der Waals surface area contributed by atoms with E-state index < -0.39 is 0 Å². The Morgan fingerprint density at radius 1 is 1.25 bits per heavy atom. The third-order valence-corrected chi connectivity index (χ3v) is 5.22. The van der Waals surface area contributed by atoms with Crippen LogP contribution in [0, 0.1) is 11.8 Å². The van der Waals surface area contributed by atoms with Gasteiger partial charge in [0.2, 0.25) is 5.95 Å². The Labute approximate surface area is 128 Å². The standard InChI is InChI=1S/C16H22BrN3/c1-2-11-3-5-12(6-4-11)10-20-15-8-7-13(17)9-14(15)19-16(20)18/h7-9,11-12H,2-6,10H2,1H3,(H2,18,19). The van der Waals surface area contributed by atoms with Gasteiger partial charge in [0.1, 0.15) is 0 Å². The van der Waals surface area contributed by atoms with Crippen molar-refractivity contribution >= 4 is 32.9 Å². The zero-order chi connectivity index (χ0) is 14.1. The number of benzene rings is 1. The first kappa shape index (κ1) is 13.9. The first-order chi connectivity index (χ1) is 9.67. The van der Waals surface area contributed by atoms with Gasteiger partial charge in [-0.3, -0.25) is 0 Å². The summed E-state index contributed by atoms with van der Waals surface area (Å²) in [5.74, 6) is 2.34. The largest absolute Gasteiger partial charge is 0.369 e. The Bertz CT molecular complexity index is 597. The van der Waals surface area contributed by atoms with E-state index in [4.69, 9.17) is 5.73 Å². The van der Waals surface area contributed by atoms with Crippen molar-refractivity contribution in [3.8, 4) is 0 Å². The van der Waals surface area contributed by atoms with Gasteiger partial charge in [-0.1, -0.05) is 42.1 Å². The molecular weight excluding hydrogens is 314 g/mol. The minimum Gasteiger partial charge on any atom is -0.369 e. The molecule has 0 amide bonds. The Kier molecular flexibility index (Phi) is 4.01. The minimum atomic E-state index is 0.649. The SMILES string of the molecule is CCC1CCC(Cn2c(N)nc3cc(Br)ccc32)CC1. The minimum absolute atomic E-state index is 0.649. The number of imidazole rings is 1. The lowest BCUT2D eigenvalue weighted by Gasteiger charge is -2.28. The molecule has 1 saturated carbocycles. The van der Waals surface area contributed by atoms with E-state index in [0.717, 1.165) is 33.9 Å². The van der Waals surface area contributed by atoms with Gasteiger partial charge in [0, 0.05) is 11.0 Å². The Morgan fingerprint density at radius 3 is 2.65 bits per heavy atom. The molecule has 108 valence electrons. The van der Waals surface area contributed by atoms with E-state index in [9.17, 15) is 0 Å². The third kappa shape index (κ3) is 2.71. The van der Waals surface area contributed by atoms with Gasteiger partial charge >= 0.3 is 0 Å². The highest BCUT2D eigenvalue weighted by Gasteiger charge is 2.21. The summed E-state index contributed by atoms with van der Waals surface area (Å²) in [7, 11) is 0. The summed E-state index contributed by atoms with van der Waals surface area (Å²) >= 11 is 3.49. The molecule has 1 aliphatic rings. The highest BCUT2D eigenvalue weighted by molar-refractivity contribution is 9.10. The molecule has 20 heavy (non-hydrogen) atoms. The van der Waals surface area contributed by atoms with E-state index in [1.807, 2.05) is 6.07 Å². The van der Waals surface area contributed by atoms with Crippen molar-refractivity contribution in [2.45, 2.75) is 45.6 Å². The fourth-order valence-electron chi connectivity index (χ4n) is 3.39. The molecule has 4 heteroatoms. The first-order valence-corrected chi connectivity index (χ1v) is 8.38. The van der Waals surface area contributed by atoms with Gasteiger partial charge in [-0.2, -0.15) is 0 Å². The van der Waals surface area contributed by atoms with Crippen LogP contribution >= 0.6 is 15.9 Å². The highest BCUT2D eigenvalue weighted by atomic mass is 79.9. The molecular formula is C16H22BrN3. The van der Waals surface area contributed by atoms with Gasteiger partial charge in [0.05, 0.1) is 11.0 Å². The number of nitrogens with two attached hydrogens (primary N) is 1. The van der Waals surface area contributed by atoms with Crippen LogP contribution in [0.5, 0.6) is 0 Å². The predicted molar refractivity (Wildman–Crippen MR) is 87.6 cm³/mol. The highest BCUT2D eigenvalue weighted by Crippen LogP contribution is 2.33. The van der Waals surface area contributed by atoms with Crippen molar-refractivity contribution in [3.05, 3.63) is 22.7 Å². The maximum Gasteiger partial charge on any atom is 0.201 e. The Morgan fingerprint density at radius 2 is 1.95 bits per heavy atom. The number of halogens is 1. The number of hydrogen-bond acceptors (Lipinski definition) is 2. The van der Waals surface area contributed by atoms with E-state index in [1.54, 1.807) is 0 Å². The molecule has 0 atom stereocenters. The van der Waals surface area contributed by atoms with Crippen LogP contribution in [-0.4, -0.2) is 9.55 Å². The molecule has 1 aromatic carbocycles. The van der Waals surface area contributed by atoms with Crippen LogP contribution < -0.4 is 5.73 Å². The molecule has 0 spiro atoms. The van der Waals surface area contributed by atoms with Gasteiger partial charge < -0.3 is 10.3 Å². The fourth-order valence-corrected chi connectivity index (χ4v) is 3.74. The number of rotatable bonds is 3. The lowest BCUT2D eigenvalue weighted by atomic mass is 9.81. The van der Waals surface area contributed by atoms with E-state index in [1.165, 1.54) is 32.1 Å². The summed E-state index contributed by atoms with van der Waals surface area (Å²) in [4.78, 5) is 4.48. The number of aromatic nitrogens is 2. The molecule has 0 saturated heterocycles. The number of nitrogens with zero attached hydrogens (tertiary/aromatic N) is 2. The molecule has 0 radical (unpaired) electrons. The topological polar surface area (TPSA) is 43.8 Å². The van der Waals surface area contributed by atoms with Crippen LogP contribution in [0.25, 0.3) is 11.0 Å². The third-order valence-electron chi connectivity index (χ3n) is 4.72. The van der Waals surface area contributed by atoms with Crippen molar-refractivity contribution in [2.75, 3.05) is 5.73 Å². The van der Waals surface area contributed by atoms with Gasteiger partial charge in [0.25, 0.3) is 0 Å². The summed E-state index contributed by atoms with van der Waals surface area (Å²) in [5.41, 5.74) is 8.25. The summed E-state index contributed by atoms with van der Waals surface area (Å²) in [6, 6.07) is 6.21. The lowest BCUT2D eigenvalue weighted by molar-refractivity contribution is 0.250. The second-order valence-electron chi connectivity index (χ2n) is 6.01. The monoisotopic (exact) mass is 335 g/mol. The van der Waals surface area contributed by atoms with Crippen molar-refractivity contribution < 1.29 is 0 Å². The van der Waals surface area contributed by atoms with E-state index >= 15 is 0 Å². The number of fused-ring (bicyclic) bond motifs is 1. The van der Waals surface area contributed by atoms with Gasteiger partial charge in [0.15, 0.2) is 0 Å². The van der Waals surface area contributed by atoms with Gasteiger partial charge in [-0.05, 0) is 42.9 Å². The van der Waals surface area contributed by atoms with Crippen LogP contribution in [0.4, 0.5) is 5.95 Å². The molecule has 1 fully saturated rings. The van der Waals surface area contributed by atoms with E-state index in [0.29, 0.717) is 5.95 Å². The second-order valence-corrected chi connectivity index (χ2v) is 6.92. The van der Waals surface area contributed by atoms with Crippen LogP contribution in [0.1, 0.15) is 39.0 Å². The van der Waals surface area contributed by atoms with Crippen molar-refractivity contribution in [3.63, 3.8) is 0 Å².